The van der Waals surface area contributed by atoms with Crippen LogP contribution >= 0.6 is 11.6 Å². The smallest absolute Gasteiger partial charge is 0.338 e. The molecule has 2 amide bonds. The molecule has 1 heterocycles. The Bertz CT molecular complexity index is 933. The Labute approximate surface area is 172 Å². The molecule has 6 nitrogen and oxygen atoms in total. The van der Waals surface area contributed by atoms with Gasteiger partial charge in [-0.1, -0.05) is 23.7 Å². The predicted molar refractivity (Wildman–Crippen MR) is 106 cm³/mol. The van der Waals surface area contributed by atoms with Crippen molar-refractivity contribution in [1.82, 2.24) is 4.90 Å². The van der Waals surface area contributed by atoms with Crippen LogP contribution < -0.4 is 5.32 Å². The average molecular weight is 419 g/mol. The molecule has 0 unspecified atom stereocenters. The molecule has 29 heavy (non-hydrogen) atoms. The van der Waals surface area contributed by atoms with Gasteiger partial charge < -0.3 is 15.0 Å². The van der Waals surface area contributed by atoms with E-state index in [0.29, 0.717) is 18.5 Å². The van der Waals surface area contributed by atoms with Gasteiger partial charge in [0.1, 0.15) is 5.82 Å². The molecule has 0 aromatic heterocycles. The van der Waals surface area contributed by atoms with Gasteiger partial charge in [0, 0.05) is 19.5 Å². The summed E-state index contributed by atoms with van der Waals surface area (Å²) in [5.41, 5.74) is 1.43. The molecular weight excluding hydrogens is 399 g/mol. The molecule has 1 aliphatic heterocycles. The number of hydrogen-bond donors (Lipinski definition) is 1. The van der Waals surface area contributed by atoms with Gasteiger partial charge >= 0.3 is 5.97 Å². The number of amides is 2. The maximum absolute atomic E-state index is 13.1. The van der Waals surface area contributed by atoms with Crippen molar-refractivity contribution in [3.8, 4) is 0 Å². The predicted octanol–water partition coefficient (Wildman–Crippen LogP) is 3.79. The number of ether oxygens (including phenoxy) is 1. The number of halogens is 2. The summed E-state index contributed by atoms with van der Waals surface area (Å²) >= 11 is 5.88. The number of benzene rings is 2. The highest BCUT2D eigenvalue weighted by Gasteiger charge is 2.22. The minimum absolute atomic E-state index is 0.0453. The van der Waals surface area contributed by atoms with E-state index in [1.165, 1.54) is 13.0 Å². The van der Waals surface area contributed by atoms with Gasteiger partial charge in [0.2, 0.25) is 5.91 Å². The van der Waals surface area contributed by atoms with Gasteiger partial charge in [-0.2, -0.15) is 0 Å². The van der Waals surface area contributed by atoms with Gasteiger partial charge in [-0.15, -0.1) is 0 Å². The lowest BCUT2D eigenvalue weighted by atomic mass is 10.1. The van der Waals surface area contributed by atoms with Crippen LogP contribution in [0.2, 0.25) is 5.02 Å². The van der Waals surface area contributed by atoms with E-state index in [1.807, 2.05) is 0 Å². The Kier molecular flexibility index (Phi) is 6.49. The molecule has 1 N–H and O–H groups in total. The van der Waals surface area contributed by atoms with E-state index in [9.17, 15) is 18.8 Å². The largest absolute Gasteiger partial charge is 0.449 e. The van der Waals surface area contributed by atoms with Crippen LogP contribution in [-0.4, -0.2) is 35.3 Å². The number of esters is 1. The summed E-state index contributed by atoms with van der Waals surface area (Å²) in [5, 5.41) is 2.54. The van der Waals surface area contributed by atoms with Crippen molar-refractivity contribution in [2.45, 2.75) is 32.4 Å². The topological polar surface area (TPSA) is 75.7 Å². The molecule has 1 atom stereocenters. The summed E-state index contributed by atoms with van der Waals surface area (Å²) in [4.78, 5) is 38.0. The van der Waals surface area contributed by atoms with Crippen molar-refractivity contribution in [3.05, 3.63) is 64.4 Å². The standard InChI is InChI=1S/C21H20ClFN2O4/c1-13(20(27)24-18-9-8-16(23)11-17(18)22)29-21(28)15-6-4-14(5-7-15)12-25-10-2-3-19(25)26/h4-9,11,13H,2-3,10,12H2,1H3,(H,24,27)/t13-/m0/s1. The molecular formula is C21H20ClFN2O4. The number of carbonyl (C=O) groups excluding carboxylic acids is 3. The van der Waals surface area contributed by atoms with Crippen LogP contribution in [0.15, 0.2) is 42.5 Å². The van der Waals surface area contributed by atoms with Gasteiger partial charge in [-0.05, 0) is 49.2 Å². The molecule has 0 spiro atoms. The second-order valence-corrected chi connectivity index (χ2v) is 7.18. The highest BCUT2D eigenvalue weighted by Crippen LogP contribution is 2.23. The first kappa shape index (κ1) is 20.8. The number of rotatable bonds is 6. The summed E-state index contributed by atoms with van der Waals surface area (Å²) in [6.45, 7) is 2.68. The first-order valence-electron chi connectivity index (χ1n) is 9.17. The van der Waals surface area contributed by atoms with Crippen LogP contribution in [0.3, 0.4) is 0 Å². The molecule has 1 saturated heterocycles. The fourth-order valence-electron chi connectivity index (χ4n) is 2.95. The van der Waals surface area contributed by atoms with Crippen molar-refractivity contribution in [2.75, 3.05) is 11.9 Å². The fourth-order valence-corrected chi connectivity index (χ4v) is 3.16. The third-order valence-electron chi connectivity index (χ3n) is 4.58. The van der Waals surface area contributed by atoms with Gasteiger partial charge in [0.05, 0.1) is 16.3 Å². The maximum atomic E-state index is 13.1. The minimum Gasteiger partial charge on any atom is -0.449 e. The van der Waals surface area contributed by atoms with Crippen LogP contribution in [0.5, 0.6) is 0 Å². The van der Waals surface area contributed by atoms with E-state index in [2.05, 4.69) is 5.32 Å². The summed E-state index contributed by atoms with van der Waals surface area (Å²) in [5.74, 6) is -1.63. The maximum Gasteiger partial charge on any atom is 0.338 e. The molecule has 0 bridgehead atoms. The zero-order valence-corrected chi connectivity index (χ0v) is 16.5. The zero-order chi connectivity index (χ0) is 21.0. The Balaban J connectivity index is 1.55. The minimum atomic E-state index is -1.08. The monoisotopic (exact) mass is 418 g/mol. The van der Waals surface area contributed by atoms with Crippen LogP contribution in [0.25, 0.3) is 0 Å². The SMILES string of the molecule is C[C@H](OC(=O)c1ccc(CN2CCCC2=O)cc1)C(=O)Nc1ccc(F)cc1Cl. The first-order chi connectivity index (χ1) is 13.8. The quantitative estimate of drug-likeness (QED) is 0.724. The van der Waals surface area contributed by atoms with E-state index in [4.69, 9.17) is 16.3 Å². The number of carbonyl (C=O) groups is 3. The molecule has 152 valence electrons. The van der Waals surface area contributed by atoms with Gasteiger partial charge in [0.25, 0.3) is 5.91 Å². The summed E-state index contributed by atoms with van der Waals surface area (Å²) in [7, 11) is 0. The second kappa shape index (κ2) is 9.05. The van der Waals surface area contributed by atoms with Crippen molar-refractivity contribution in [3.63, 3.8) is 0 Å². The molecule has 3 rings (SSSR count). The van der Waals surface area contributed by atoms with Crippen molar-refractivity contribution < 1.29 is 23.5 Å². The Morgan fingerprint density at radius 2 is 1.97 bits per heavy atom. The summed E-state index contributed by atoms with van der Waals surface area (Å²) < 4.78 is 18.3. The van der Waals surface area contributed by atoms with Gasteiger partial charge in [0.15, 0.2) is 6.10 Å². The number of hydrogen-bond acceptors (Lipinski definition) is 4. The molecule has 0 saturated carbocycles. The van der Waals surface area contributed by atoms with E-state index >= 15 is 0 Å². The number of anilines is 1. The van der Waals surface area contributed by atoms with Gasteiger partial charge in [-0.25, -0.2) is 9.18 Å². The molecule has 2 aromatic rings. The van der Waals surface area contributed by atoms with Crippen LogP contribution in [0, 0.1) is 5.82 Å². The van der Waals surface area contributed by atoms with E-state index < -0.39 is 23.8 Å². The zero-order valence-electron chi connectivity index (χ0n) is 15.8. The Morgan fingerprint density at radius 1 is 1.24 bits per heavy atom. The number of nitrogens with zero attached hydrogens (tertiary/aromatic N) is 1. The molecule has 0 aliphatic carbocycles. The van der Waals surface area contributed by atoms with Crippen molar-refractivity contribution >= 4 is 35.1 Å². The Hall–Kier alpha value is -2.93. The van der Waals surface area contributed by atoms with E-state index in [0.717, 1.165) is 30.7 Å². The molecule has 1 fully saturated rings. The number of nitrogens with one attached hydrogen (secondary N) is 1. The number of likely N-dealkylation sites (tertiary alicyclic amines) is 1. The average Bonchev–Trinajstić information content (AvgIpc) is 3.09. The third-order valence-corrected chi connectivity index (χ3v) is 4.89. The highest BCUT2D eigenvalue weighted by atomic mass is 35.5. The molecule has 0 radical (unpaired) electrons. The van der Waals surface area contributed by atoms with Crippen LogP contribution in [0.1, 0.15) is 35.7 Å². The molecule has 8 heteroatoms. The fraction of sp³-hybridized carbons (Fsp3) is 0.286. The molecule has 1 aliphatic rings. The lowest BCUT2D eigenvalue weighted by molar-refractivity contribution is -0.128. The summed E-state index contributed by atoms with van der Waals surface area (Å²) in [6.07, 6.45) is 0.366. The van der Waals surface area contributed by atoms with E-state index in [-0.39, 0.29) is 16.6 Å². The van der Waals surface area contributed by atoms with Crippen LogP contribution in [0.4, 0.5) is 10.1 Å². The first-order valence-corrected chi connectivity index (χ1v) is 9.55. The van der Waals surface area contributed by atoms with Gasteiger partial charge in [-0.3, -0.25) is 9.59 Å². The molecule has 2 aromatic carbocycles. The lowest BCUT2D eigenvalue weighted by Crippen LogP contribution is -2.30. The second-order valence-electron chi connectivity index (χ2n) is 6.78. The Morgan fingerprint density at radius 3 is 2.59 bits per heavy atom. The van der Waals surface area contributed by atoms with Crippen LogP contribution in [-0.2, 0) is 20.9 Å². The normalized spacial score (nSPS) is 14.6. The van der Waals surface area contributed by atoms with E-state index in [1.54, 1.807) is 29.2 Å². The summed E-state index contributed by atoms with van der Waals surface area (Å²) in [6, 6.07) is 10.3. The third kappa shape index (κ3) is 5.32. The lowest BCUT2D eigenvalue weighted by Gasteiger charge is -2.16. The van der Waals surface area contributed by atoms with Crippen molar-refractivity contribution in [1.29, 1.82) is 0 Å². The highest BCUT2D eigenvalue weighted by molar-refractivity contribution is 6.33. The van der Waals surface area contributed by atoms with Crippen molar-refractivity contribution in [2.24, 2.45) is 0 Å².